The second-order valence-corrected chi connectivity index (χ2v) is 9.08. The molecule has 1 aliphatic heterocycles. The summed E-state index contributed by atoms with van der Waals surface area (Å²) in [4.78, 5) is 22.8. The van der Waals surface area contributed by atoms with Crippen LogP contribution in [-0.4, -0.2) is 105 Å². The quantitative estimate of drug-likeness (QED) is 0.355. The first-order valence-electron chi connectivity index (χ1n) is 11.0. The Labute approximate surface area is 176 Å². The van der Waals surface area contributed by atoms with Gasteiger partial charge in [0.25, 0.3) is 0 Å². The van der Waals surface area contributed by atoms with Crippen LogP contribution in [0, 0.1) is 5.92 Å². The molecule has 0 aromatic rings. The number of hydrogen-bond acceptors (Lipinski definition) is 5. The Morgan fingerprint density at radius 3 is 2.48 bits per heavy atom. The SMILES string of the molecule is CN=C(NCCCN1CCN(C(=O)OC(C)(C)C)CC1)N(C)CCOCC1CC1. The number of guanidine groups is 1. The maximum Gasteiger partial charge on any atom is 0.410 e. The molecule has 0 spiro atoms. The van der Waals surface area contributed by atoms with Crippen molar-refractivity contribution in [2.75, 3.05) is 73.1 Å². The zero-order chi connectivity index (χ0) is 21.3. The summed E-state index contributed by atoms with van der Waals surface area (Å²) in [6, 6.07) is 0. The van der Waals surface area contributed by atoms with Gasteiger partial charge in [-0.05, 0) is 52.5 Å². The monoisotopic (exact) mass is 411 g/mol. The molecule has 0 bridgehead atoms. The Morgan fingerprint density at radius 2 is 1.90 bits per heavy atom. The maximum absolute atomic E-state index is 12.1. The van der Waals surface area contributed by atoms with Crippen LogP contribution in [0.1, 0.15) is 40.0 Å². The van der Waals surface area contributed by atoms with Crippen LogP contribution in [0.4, 0.5) is 4.79 Å². The van der Waals surface area contributed by atoms with Gasteiger partial charge in [-0.1, -0.05) is 0 Å². The first-order valence-corrected chi connectivity index (χ1v) is 11.0. The molecule has 29 heavy (non-hydrogen) atoms. The topological polar surface area (TPSA) is 69.6 Å². The average molecular weight is 412 g/mol. The Hall–Kier alpha value is -1.54. The molecule has 1 amide bonds. The fourth-order valence-electron chi connectivity index (χ4n) is 3.21. The number of rotatable bonds is 9. The number of hydrogen-bond donors (Lipinski definition) is 1. The van der Waals surface area contributed by atoms with E-state index in [1.807, 2.05) is 39.8 Å². The normalized spacial score (nSPS) is 18.7. The molecule has 0 unspecified atom stereocenters. The lowest BCUT2D eigenvalue weighted by atomic mass is 10.2. The Balaban J connectivity index is 1.54. The van der Waals surface area contributed by atoms with Crippen LogP contribution in [-0.2, 0) is 9.47 Å². The van der Waals surface area contributed by atoms with Crippen LogP contribution in [0.2, 0.25) is 0 Å². The molecule has 1 aliphatic carbocycles. The van der Waals surface area contributed by atoms with Crippen LogP contribution in [0.25, 0.3) is 0 Å². The maximum atomic E-state index is 12.1. The highest BCUT2D eigenvalue weighted by Crippen LogP contribution is 2.28. The van der Waals surface area contributed by atoms with Crippen molar-refractivity contribution in [2.24, 2.45) is 10.9 Å². The van der Waals surface area contributed by atoms with E-state index in [4.69, 9.17) is 9.47 Å². The predicted molar refractivity (Wildman–Crippen MR) is 116 cm³/mol. The van der Waals surface area contributed by atoms with Gasteiger partial charge in [0, 0.05) is 60.0 Å². The summed E-state index contributed by atoms with van der Waals surface area (Å²) < 4.78 is 11.2. The van der Waals surface area contributed by atoms with Gasteiger partial charge in [0.15, 0.2) is 5.96 Å². The Kier molecular flexibility index (Phi) is 9.49. The number of carbonyl (C=O) groups excluding carboxylic acids is 1. The van der Waals surface area contributed by atoms with Gasteiger partial charge in [0.1, 0.15) is 5.60 Å². The second-order valence-electron chi connectivity index (χ2n) is 9.08. The van der Waals surface area contributed by atoms with Crippen molar-refractivity contribution >= 4 is 12.1 Å². The molecule has 8 heteroatoms. The number of aliphatic imine (C=N–C) groups is 1. The molecule has 1 N–H and O–H groups in total. The summed E-state index contributed by atoms with van der Waals surface area (Å²) in [6.45, 7) is 13.4. The van der Waals surface area contributed by atoms with Crippen molar-refractivity contribution in [2.45, 2.75) is 45.6 Å². The van der Waals surface area contributed by atoms with Gasteiger partial charge < -0.3 is 24.6 Å². The average Bonchev–Trinajstić information content (AvgIpc) is 3.48. The number of carbonyl (C=O) groups is 1. The molecule has 0 aromatic heterocycles. The third-order valence-corrected chi connectivity index (χ3v) is 5.15. The highest BCUT2D eigenvalue weighted by molar-refractivity contribution is 5.79. The van der Waals surface area contributed by atoms with E-state index in [-0.39, 0.29) is 6.09 Å². The van der Waals surface area contributed by atoms with Gasteiger partial charge >= 0.3 is 6.09 Å². The first kappa shape index (κ1) is 23.7. The standard InChI is InChI=1S/C21H41N5O3/c1-21(2,3)29-20(27)26-13-11-25(12-14-26)10-6-9-23-19(22-4)24(5)15-16-28-17-18-7-8-18/h18H,6-17H2,1-5H3,(H,22,23). The summed E-state index contributed by atoms with van der Waals surface area (Å²) in [6.07, 6.45) is 3.49. The second kappa shape index (κ2) is 11.6. The van der Waals surface area contributed by atoms with E-state index in [0.29, 0.717) is 0 Å². The van der Waals surface area contributed by atoms with Crippen LogP contribution in [0.3, 0.4) is 0 Å². The summed E-state index contributed by atoms with van der Waals surface area (Å²) in [5, 5.41) is 3.43. The summed E-state index contributed by atoms with van der Waals surface area (Å²) in [7, 11) is 3.87. The smallest absolute Gasteiger partial charge is 0.410 e. The number of ether oxygens (including phenoxy) is 2. The summed E-state index contributed by atoms with van der Waals surface area (Å²) in [5.41, 5.74) is -0.436. The fourth-order valence-corrected chi connectivity index (χ4v) is 3.21. The first-order chi connectivity index (χ1) is 13.8. The van der Waals surface area contributed by atoms with Gasteiger partial charge in [0.05, 0.1) is 6.61 Å². The largest absolute Gasteiger partial charge is 0.444 e. The fraction of sp³-hybridized carbons (Fsp3) is 0.905. The molecule has 168 valence electrons. The van der Waals surface area contributed by atoms with Crippen molar-refractivity contribution in [1.82, 2.24) is 20.0 Å². The number of piperazine rings is 1. The minimum Gasteiger partial charge on any atom is -0.444 e. The summed E-state index contributed by atoms with van der Waals surface area (Å²) in [5.74, 6) is 1.72. The molecule has 2 rings (SSSR count). The van der Waals surface area contributed by atoms with Crippen LogP contribution < -0.4 is 5.32 Å². The molecular weight excluding hydrogens is 370 g/mol. The highest BCUT2D eigenvalue weighted by Gasteiger charge is 2.25. The minimum absolute atomic E-state index is 0.202. The molecule has 2 aliphatic rings. The van der Waals surface area contributed by atoms with Crippen molar-refractivity contribution in [1.29, 1.82) is 0 Å². The molecule has 0 aromatic carbocycles. The Morgan fingerprint density at radius 1 is 1.21 bits per heavy atom. The third-order valence-electron chi connectivity index (χ3n) is 5.15. The molecule has 0 radical (unpaired) electrons. The van der Waals surface area contributed by atoms with Crippen molar-refractivity contribution < 1.29 is 14.3 Å². The van der Waals surface area contributed by atoms with Gasteiger partial charge in [0.2, 0.25) is 0 Å². The molecule has 8 nitrogen and oxygen atoms in total. The van der Waals surface area contributed by atoms with Gasteiger partial charge in [-0.2, -0.15) is 0 Å². The van der Waals surface area contributed by atoms with E-state index in [1.165, 1.54) is 12.8 Å². The molecule has 0 atom stereocenters. The molecule has 1 saturated carbocycles. The minimum atomic E-state index is -0.436. The molecule has 1 saturated heterocycles. The van der Waals surface area contributed by atoms with E-state index in [0.717, 1.165) is 77.3 Å². The van der Waals surface area contributed by atoms with Gasteiger partial charge in [-0.15, -0.1) is 0 Å². The molecule has 1 heterocycles. The number of amides is 1. The van der Waals surface area contributed by atoms with E-state index < -0.39 is 5.60 Å². The van der Waals surface area contributed by atoms with Gasteiger partial charge in [-0.3, -0.25) is 9.89 Å². The lowest BCUT2D eigenvalue weighted by molar-refractivity contribution is 0.0145. The summed E-state index contributed by atoms with van der Waals surface area (Å²) >= 11 is 0. The predicted octanol–water partition coefficient (Wildman–Crippen LogP) is 1.86. The van der Waals surface area contributed by atoms with Crippen LogP contribution >= 0.6 is 0 Å². The van der Waals surface area contributed by atoms with Gasteiger partial charge in [-0.25, -0.2) is 4.79 Å². The van der Waals surface area contributed by atoms with E-state index in [1.54, 1.807) is 0 Å². The Bertz CT molecular complexity index is 523. The van der Waals surface area contributed by atoms with Crippen LogP contribution in [0.15, 0.2) is 4.99 Å². The van der Waals surface area contributed by atoms with E-state index in [2.05, 4.69) is 20.1 Å². The van der Waals surface area contributed by atoms with Crippen molar-refractivity contribution in [3.8, 4) is 0 Å². The number of nitrogens with zero attached hydrogens (tertiary/aromatic N) is 4. The molecular formula is C21H41N5O3. The zero-order valence-corrected chi connectivity index (χ0v) is 19.1. The van der Waals surface area contributed by atoms with Crippen molar-refractivity contribution in [3.63, 3.8) is 0 Å². The van der Waals surface area contributed by atoms with E-state index >= 15 is 0 Å². The number of likely N-dealkylation sites (N-methyl/N-ethyl adjacent to an activating group) is 1. The van der Waals surface area contributed by atoms with Crippen molar-refractivity contribution in [3.05, 3.63) is 0 Å². The van der Waals surface area contributed by atoms with E-state index in [9.17, 15) is 4.79 Å². The number of nitrogens with one attached hydrogen (secondary N) is 1. The van der Waals surface area contributed by atoms with Crippen LogP contribution in [0.5, 0.6) is 0 Å². The lowest BCUT2D eigenvalue weighted by Crippen LogP contribution is -2.50. The third kappa shape index (κ3) is 9.67. The zero-order valence-electron chi connectivity index (χ0n) is 19.1. The molecule has 2 fully saturated rings. The lowest BCUT2D eigenvalue weighted by Gasteiger charge is -2.35. The highest BCUT2D eigenvalue weighted by atomic mass is 16.6.